The van der Waals surface area contributed by atoms with Gasteiger partial charge in [-0.1, -0.05) is 0 Å². The van der Waals surface area contributed by atoms with Crippen molar-refractivity contribution in [3.63, 3.8) is 0 Å². The molecule has 0 saturated heterocycles. The number of hydrogen-bond donors (Lipinski definition) is 1. The van der Waals surface area contributed by atoms with E-state index in [0.717, 1.165) is 11.3 Å². The van der Waals surface area contributed by atoms with Gasteiger partial charge < -0.3 is 19.6 Å². The Morgan fingerprint density at radius 1 is 1.24 bits per heavy atom. The highest BCUT2D eigenvalue weighted by Gasteiger charge is 2.12. The fraction of sp³-hybridized carbons (Fsp3) is 0.250. The summed E-state index contributed by atoms with van der Waals surface area (Å²) in [5, 5.41) is 0. The van der Waals surface area contributed by atoms with E-state index in [9.17, 15) is 0 Å². The van der Waals surface area contributed by atoms with Crippen molar-refractivity contribution in [2.75, 3.05) is 14.2 Å². The summed E-state index contributed by atoms with van der Waals surface area (Å²) in [6.07, 6.45) is 1.38. The summed E-state index contributed by atoms with van der Waals surface area (Å²) in [7, 11) is 3.18. The van der Waals surface area contributed by atoms with Gasteiger partial charge in [0.15, 0.2) is 23.7 Å². The number of ether oxygens (including phenoxy) is 2. The number of rotatable bonds is 4. The highest BCUT2D eigenvalue weighted by molar-refractivity contribution is 5.64. The van der Waals surface area contributed by atoms with Crippen LogP contribution in [0.5, 0.6) is 11.5 Å². The summed E-state index contributed by atoms with van der Waals surface area (Å²) in [6, 6.07) is 5.52. The van der Waals surface area contributed by atoms with Gasteiger partial charge in [-0.15, -0.1) is 0 Å². The van der Waals surface area contributed by atoms with E-state index in [0.29, 0.717) is 23.8 Å². The summed E-state index contributed by atoms with van der Waals surface area (Å²) in [6.45, 7) is 0.334. The van der Waals surface area contributed by atoms with Gasteiger partial charge >= 0.3 is 0 Å². The smallest absolute Gasteiger partial charge is 0.181 e. The molecule has 5 nitrogen and oxygen atoms in total. The van der Waals surface area contributed by atoms with Gasteiger partial charge in [-0.05, 0) is 18.2 Å². The highest BCUT2D eigenvalue weighted by atomic mass is 16.5. The number of methoxy groups -OCH3 is 2. The van der Waals surface area contributed by atoms with Crippen LogP contribution < -0.4 is 15.2 Å². The van der Waals surface area contributed by atoms with Crippen molar-refractivity contribution < 1.29 is 13.9 Å². The third-order valence-electron chi connectivity index (χ3n) is 2.48. The summed E-state index contributed by atoms with van der Waals surface area (Å²) < 4.78 is 15.7. The molecular formula is C12H14N2O3. The monoisotopic (exact) mass is 234 g/mol. The van der Waals surface area contributed by atoms with Gasteiger partial charge in [0.2, 0.25) is 0 Å². The van der Waals surface area contributed by atoms with Crippen LogP contribution in [0.25, 0.3) is 11.3 Å². The van der Waals surface area contributed by atoms with Crippen molar-refractivity contribution in [1.29, 1.82) is 0 Å². The van der Waals surface area contributed by atoms with E-state index in [2.05, 4.69) is 4.98 Å². The van der Waals surface area contributed by atoms with Crippen LogP contribution in [0.4, 0.5) is 0 Å². The molecule has 0 spiro atoms. The second-order valence-electron chi connectivity index (χ2n) is 3.40. The van der Waals surface area contributed by atoms with E-state index >= 15 is 0 Å². The Kier molecular flexibility index (Phi) is 3.30. The number of nitrogens with zero attached hydrogens (tertiary/aromatic N) is 1. The zero-order valence-electron chi connectivity index (χ0n) is 9.77. The van der Waals surface area contributed by atoms with E-state index in [1.54, 1.807) is 14.2 Å². The molecule has 1 heterocycles. The second-order valence-corrected chi connectivity index (χ2v) is 3.40. The van der Waals surface area contributed by atoms with Crippen molar-refractivity contribution in [1.82, 2.24) is 4.98 Å². The number of oxazole rings is 1. The zero-order chi connectivity index (χ0) is 12.3. The molecule has 0 unspecified atom stereocenters. The van der Waals surface area contributed by atoms with Crippen molar-refractivity contribution in [2.45, 2.75) is 6.54 Å². The number of nitrogens with two attached hydrogens (primary N) is 1. The molecule has 0 saturated carbocycles. The van der Waals surface area contributed by atoms with Crippen LogP contribution in [0, 0.1) is 0 Å². The number of aromatic nitrogens is 1. The van der Waals surface area contributed by atoms with Crippen LogP contribution in [-0.2, 0) is 6.54 Å². The van der Waals surface area contributed by atoms with Crippen LogP contribution >= 0.6 is 0 Å². The zero-order valence-corrected chi connectivity index (χ0v) is 9.77. The standard InChI is InChI=1S/C12H14N2O3/c1-15-10-4-3-8(5-11(10)16-2)12-9(6-13)14-7-17-12/h3-5,7H,6,13H2,1-2H3. The quantitative estimate of drug-likeness (QED) is 0.873. The average Bonchev–Trinajstić information content (AvgIpc) is 2.86. The maximum absolute atomic E-state index is 5.58. The topological polar surface area (TPSA) is 70.5 Å². The lowest BCUT2D eigenvalue weighted by Crippen LogP contribution is -1.98. The van der Waals surface area contributed by atoms with Crippen LogP contribution in [-0.4, -0.2) is 19.2 Å². The molecule has 0 aliphatic heterocycles. The molecule has 5 heteroatoms. The molecule has 17 heavy (non-hydrogen) atoms. The van der Waals surface area contributed by atoms with E-state index in [1.165, 1.54) is 6.39 Å². The molecule has 1 aromatic heterocycles. The van der Waals surface area contributed by atoms with Crippen LogP contribution in [0.2, 0.25) is 0 Å². The molecule has 0 amide bonds. The maximum atomic E-state index is 5.58. The predicted molar refractivity (Wildman–Crippen MR) is 62.9 cm³/mol. The maximum Gasteiger partial charge on any atom is 0.181 e. The van der Waals surface area contributed by atoms with Crippen molar-refractivity contribution in [2.24, 2.45) is 5.73 Å². The van der Waals surface area contributed by atoms with Gasteiger partial charge in [0.25, 0.3) is 0 Å². The second kappa shape index (κ2) is 4.88. The third kappa shape index (κ3) is 2.09. The van der Waals surface area contributed by atoms with Crippen molar-refractivity contribution in [3.05, 3.63) is 30.3 Å². The lowest BCUT2D eigenvalue weighted by molar-refractivity contribution is 0.355. The van der Waals surface area contributed by atoms with E-state index in [1.807, 2.05) is 18.2 Å². The van der Waals surface area contributed by atoms with Gasteiger partial charge in [-0.3, -0.25) is 0 Å². The first-order valence-electron chi connectivity index (χ1n) is 5.15. The molecule has 0 atom stereocenters. The highest BCUT2D eigenvalue weighted by Crippen LogP contribution is 2.33. The number of hydrogen-bond acceptors (Lipinski definition) is 5. The van der Waals surface area contributed by atoms with Gasteiger partial charge in [0.05, 0.1) is 14.2 Å². The molecule has 1 aromatic carbocycles. The van der Waals surface area contributed by atoms with Gasteiger partial charge in [-0.25, -0.2) is 4.98 Å². The Labute approximate surface area is 99.2 Å². The Bertz CT molecular complexity index is 508. The minimum atomic E-state index is 0.334. The van der Waals surface area contributed by atoms with Crippen molar-refractivity contribution >= 4 is 0 Å². The summed E-state index contributed by atoms with van der Waals surface area (Å²) in [5.41, 5.74) is 7.16. The van der Waals surface area contributed by atoms with Gasteiger partial charge in [-0.2, -0.15) is 0 Å². The molecule has 2 aromatic rings. The van der Waals surface area contributed by atoms with E-state index in [-0.39, 0.29) is 0 Å². The first kappa shape index (κ1) is 11.5. The van der Waals surface area contributed by atoms with Gasteiger partial charge in [0.1, 0.15) is 5.69 Å². The Morgan fingerprint density at radius 2 is 2.00 bits per heavy atom. The lowest BCUT2D eigenvalue weighted by atomic mass is 10.1. The Hall–Kier alpha value is -2.01. The lowest BCUT2D eigenvalue weighted by Gasteiger charge is -2.08. The minimum absolute atomic E-state index is 0.334. The molecular weight excluding hydrogens is 220 g/mol. The fourth-order valence-electron chi connectivity index (χ4n) is 1.63. The van der Waals surface area contributed by atoms with Crippen LogP contribution in [0.3, 0.4) is 0 Å². The molecule has 0 aliphatic rings. The summed E-state index contributed by atoms with van der Waals surface area (Å²) in [5.74, 6) is 1.97. The summed E-state index contributed by atoms with van der Waals surface area (Å²) in [4.78, 5) is 4.05. The largest absolute Gasteiger partial charge is 0.493 e. The molecule has 0 radical (unpaired) electrons. The third-order valence-corrected chi connectivity index (χ3v) is 2.48. The number of benzene rings is 1. The molecule has 0 fully saturated rings. The molecule has 0 aliphatic carbocycles. The van der Waals surface area contributed by atoms with E-state index < -0.39 is 0 Å². The summed E-state index contributed by atoms with van der Waals surface area (Å²) >= 11 is 0. The van der Waals surface area contributed by atoms with Gasteiger partial charge in [0, 0.05) is 12.1 Å². The molecule has 2 N–H and O–H groups in total. The normalized spacial score (nSPS) is 10.3. The Balaban J connectivity index is 2.46. The Morgan fingerprint density at radius 3 is 2.65 bits per heavy atom. The molecule has 0 bridgehead atoms. The van der Waals surface area contributed by atoms with Crippen LogP contribution in [0.1, 0.15) is 5.69 Å². The van der Waals surface area contributed by atoms with E-state index in [4.69, 9.17) is 19.6 Å². The SMILES string of the molecule is COc1ccc(-c2ocnc2CN)cc1OC. The fourth-order valence-corrected chi connectivity index (χ4v) is 1.63. The van der Waals surface area contributed by atoms with Crippen LogP contribution in [0.15, 0.2) is 29.0 Å². The molecule has 2 rings (SSSR count). The average molecular weight is 234 g/mol. The first-order chi connectivity index (χ1) is 8.30. The van der Waals surface area contributed by atoms with Crippen molar-refractivity contribution in [3.8, 4) is 22.8 Å². The predicted octanol–water partition coefficient (Wildman–Crippen LogP) is 1.82. The first-order valence-corrected chi connectivity index (χ1v) is 5.15. The minimum Gasteiger partial charge on any atom is -0.493 e. The molecule has 90 valence electrons.